The van der Waals surface area contributed by atoms with Crippen molar-refractivity contribution < 1.29 is 0 Å². The second-order valence-corrected chi connectivity index (χ2v) is 4.46. The van der Waals surface area contributed by atoms with E-state index in [4.69, 9.17) is 5.73 Å². The molecule has 1 fully saturated rings. The van der Waals surface area contributed by atoms with Crippen molar-refractivity contribution in [2.24, 2.45) is 5.73 Å². The SMILES string of the molecule is NCCCC1CCCCN1c1ccccn1. The molecule has 1 unspecified atom stereocenters. The van der Waals surface area contributed by atoms with Crippen molar-refractivity contribution in [3.8, 4) is 0 Å². The molecular weight excluding hydrogens is 198 g/mol. The van der Waals surface area contributed by atoms with Gasteiger partial charge in [-0.25, -0.2) is 4.98 Å². The molecule has 0 spiro atoms. The Morgan fingerprint density at radius 1 is 1.38 bits per heavy atom. The van der Waals surface area contributed by atoms with E-state index in [0.29, 0.717) is 6.04 Å². The van der Waals surface area contributed by atoms with Crippen LogP contribution in [0.2, 0.25) is 0 Å². The fourth-order valence-corrected chi connectivity index (χ4v) is 2.48. The average molecular weight is 219 g/mol. The summed E-state index contributed by atoms with van der Waals surface area (Å²) in [6.45, 7) is 1.94. The Bertz CT molecular complexity index is 299. The van der Waals surface area contributed by atoms with Gasteiger partial charge in [0.15, 0.2) is 0 Å². The minimum absolute atomic E-state index is 0.646. The zero-order valence-corrected chi connectivity index (χ0v) is 9.81. The van der Waals surface area contributed by atoms with Crippen LogP contribution in [0.25, 0.3) is 0 Å². The lowest BCUT2D eigenvalue weighted by atomic mass is 9.98. The lowest BCUT2D eigenvalue weighted by Gasteiger charge is -2.36. The van der Waals surface area contributed by atoms with Gasteiger partial charge in [0.05, 0.1) is 0 Å². The van der Waals surface area contributed by atoms with Crippen LogP contribution >= 0.6 is 0 Å². The third-order valence-electron chi connectivity index (χ3n) is 3.31. The van der Waals surface area contributed by atoms with Gasteiger partial charge in [0, 0.05) is 18.8 Å². The van der Waals surface area contributed by atoms with Crippen LogP contribution in [0.3, 0.4) is 0 Å². The van der Waals surface area contributed by atoms with Gasteiger partial charge < -0.3 is 10.6 Å². The molecule has 0 aliphatic carbocycles. The minimum atomic E-state index is 0.646. The summed E-state index contributed by atoms with van der Waals surface area (Å²) < 4.78 is 0. The highest BCUT2D eigenvalue weighted by Crippen LogP contribution is 2.25. The molecule has 0 amide bonds. The van der Waals surface area contributed by atoms with Gasteiger partial charge in [-0.15, -0.1) is 0 Å². The summed E-state index contributed by atoms with van der Waals surface area (Å²) in [5.41, 5.74) is 5.60. The molecule has 0 saturated carbocycles. The third-order valence-corrected chi connectivity index (χ3v) is 3.31. The number of nitrogens with two attached hydrogens (primary N) is 1. The summed E-state index contributed by atoms with van der Waals surface area (Å²) in [6.07, 6.45) is 8.12. The van der Waals surface area contributed by atoms with Crippen LogP contribution in [0.15, 0.2) is 24.4 Å². The van der Waals surface area contributed by atoms with Crippen LogP contribution in [0.5, 0.6) is 0 Å². The maximum Gasteiger partial charge on any atom is 0.128 e. The maximum atomic E-state index is 5.60. The quantitative estimate of drug-likeness (QED) is 0.844. The van der Waals surface area contributed by atoms with Gasteiger partial charge >= 0.3 is 0 Å². The molecule has 2 heterocycles. The first-order valence-corrected chi connectivity index (χ1v) is 6.29. The molecule has 2 rings (SSSR count). The van der Waals surface area contributed by atoms with E-state index in [1.165, 1.54) is 25.7 Å². The number of anilines is 1. The standard InChI is InChI=1S/C13H21N3/c14-9-5-7-12-6-2-4-11-16(12)13-8-1-3-10-15-13/h1,3,8,10,12H,2,4-7,9,11,14H2. The molecule has 1 aromatic rings. The number of hydrogen-bond donors (Lipinski definition) is 1. The maximum absolute atomic E-state index is 5.60. The van der Waals surface area contributed by atoms with Crippen molar-refractivity contribution in [2.75, 3.05) is 18.0 Å². The predicted molar refractivity (Wildman–Crippen MR) is 67.5 cm³/mol. The minimum Gasteiger partial charge on any atom is -0.354 e. The van der Waals surface area contributed by atoms with Gasteiger partial charge in [-0.05, 0) is 50.8 Å². The molecule has 1 aliphatic rings. The van der Waals surface area contributed by atoms with Gasteiger partial charge in [-0.1, -0.05) is 6.07 Å². The topological polar surface area (TPSA) is 42.1 Å². The summed E-state index contributed by atoms with van der Waals surface area (Å²) in [5.74, 6) is 1.13. The molecule has 2 N–H and O–H groups in total. The first kappa shape index (κ1) is 11.4. The van der Waals surface area contributed by atoms with Crippen molar-refractivity contribution in [2.45, 2.75) is 38.1 Å². The molecule has 0 bridgehead atoms. The van der Waals surface area contributed by atoms with Gasteiger partial charge in [0.1, 0.15) is 5.82 Å². The van der Waals surface area contributed by atoms with Crippen molar-refractivity contribution in [1.29, 1.82) is 0 Å². The number of hydrogen-bond acceptors (Lipinski definition) is 3. The fourth-order valence-electron chi connectivity index (χ4n) is 2.48. The molecule has 1 saturated heterocycles. The van der Waals surface area contributed by atoms with Crippen LogP contribution in [-0.2, 0) is 0 Å². The Morgan fingerprint density at radius 2 is 2.31 bits per heavy atom. The fraction of sp³-hybridized carbons (Fsp3) is 0.615. The lowest BCUT2D eigenvalue weighted by Crippen LogP contribution is -2.40. The molecular formula is C13H21N3. The lowest BCUT2D eigenvalue weighted by molar-refractivity contribution is 0.428. The molecule has 0 aromatic carbocycles. The predicted octanol–water partition coefficient (Wildman–Crippen LogP) is 2.18. The smallest absolute Gasteiger partial charge is 0.128 e. The Morgan fingerprint density at radius 3 is 3.06 bits per heavy atom. The zero-order valence-electron chi connectivity index (χ0n) is 9.81. The van der Waals surface area contributed by atoms with Crippen molar-refractivity contribution in [3.05, 3.63) is 24.4 Å². The Kier molecular flexibility index (Phi) is 4.17. The zero-order chi connectivity index (χ0) is 11.2. The van der Waals surface area contributed by atoms with E-state index < -0.39 is 0 Å². The number of piperidine rings is 1. The van der Waals surface area contributed by atoms with Crippen LogP contribution in [0.1, 0.15) is 32.1 Å². The van der Waals surface area contributed by atoms with E-state index >= 15 is 0 Å². The molecule has 3 nitrogen and oxygen atoms in total. The molecule has 88 valence electrons. The third kappa shape index (κ3) is 2.73. The second-order valence-electron chi connectivity index (χ2n) is 4.46. The van der Waals surface area contributed by atoms with Crippen LogP contribution < -0.4 is 10.6 Å². The summed E-state index contributed by atoms with van der Waals surface area (Å²) >= 11 is 0. The molecule has 1 aromatic heterocycles. The summed E-state index contributed by atoms with van der Waals surface area (Å²) in [7, 11) is 0. The van der Waals surface area contributed by atoms with Gasteiger partial charge in [-0.3, -0.25) is 0 Å². The molecule has 0 radical (unpaired) electrons. The van der Waals surface area contributed by atoms with Crippen molar-refractivity contribution in [1.82, 2.24) is 4.98 Å². The molecule has 1 aliphatic heterocycles. The molecule has 1 atom stereocenters. The van der Waals surface area contributed by atoms with Crippen molar-refractivity contribution >= 4 is 5.82 Å². The highest BCUT2D eigenvalue weighted by atomic mass is 15.2. The van der Waals surface area contributed by atoms with Crippen LogP contribution in [0.4, 0.5) is 5.82 Å². The van der Waals surface area contributed by atoms with Crippen LogP contribution in [0, 0.1) is 0 Å². The number of aromatic nitrogens is 1. The van der Waals surface area contributed by atoms with E-state index in [-0.39, 0.29) is 0 Å². The number of rotatable bonds is 4. The first-order valence-electron chi connectivity index (χ1n) is 6.29. The van der Waals surface area contributed by atoms with E-state index in [9.17, 15) is 0 Å². The Labute approximate surface area is 97.7 Å². The van der Waals surface area contributed by atoms with Gasteiger partial charge in [0.25, 0.3) is 0 Å². The van der Waals surface area contributed by atoms with Crippen molar-refractivity contribution in [3.63, 3.8) is 0 Å². The Hall–Kier alpha value is -1.09. The van der Waals surface area contributed by atoms with E-state index in [0.717, 1.165) is 25.3 Å². The van der Waals surface area contributed by atoms with E-state index in [1.54, 1.807) is 0 Å². The average Bonchev–Trinajstić information content (AvgIpc) is 2.38. The number of pyridine rings is 1. The van der Waals surface area contributed by atoms with Crippen LogP contribution in [-0.4, -0.2) is 24.1 Å². The van der Waals surface area contributed by atoms with E-state index in [1.807, 2.05) is 12.3 Å². The van der Waals surface area contributed by atoms with E-state index in [2.05, 4.69) is 22.0 Å². The highest BCUT2D eigenvalue weighted by Gasteiger charge is 2.22. The number of nitrogens with zero attached hydrogens (tertiary/aromatic N) is 2. The monoisotopic (exact) mass is 219 g/mol. The summed E-state index contributed by atoms with van der Waals surface area (Å²) in [5, 5.41) is 0. The van der Waals surface area contributed by atoms with Gasteiger partial charge in [0.2, 0.25) is 0 Å². The van der Waals surface area contributed by atoms with Gasteiger partial charge in [-0.2, -0.15) is 0 Å². The molecule has 3 heteroatoms. The first-order chi connectivity index (χ1) is 7.92. The largest absolute Gasteiger partial charge is 0.354 e. The second kappa shape index (κ2) is 5.85. The summed E-state index contributed by atoms with van der Waals surface area (Å²) in [4.78, 5) is 6.91. The normalized spacial score (nSPS) is 21.1. The summed E-state index contributed by atoms with van der Waals surface area (Å²) in [6, 6.07) is 6.80. The Balaban J connectivity index is 2.04. The molecule has 16 heavy (non-hydrogen) atoms. The highest BCUT2D eigenvalue weighted by molar-refractivity contribution is 5.39.